The van der Waals surface area contributed by atoms with E-state index in [1.165, 1.54) is 42.5 Å². The summed E-state index contributed by atoms with van der Waals surface area (Å²) in [7, 11) is 0. The molecule has 0 spiro atoms. The molecule has 17 nitrogen and oxygen atoms in total. The molecule has 1 heterocycles. The first-order valence-corrected chi connectivity index (χ1v) is 18.6. The van der Waals surface area contributed by atoms with Gasteiger partial charge in [-0.3, -0.25) is 29.0 Å². The highest BCUT2D eigenvalue weighted by Crippen LogP contribution is 2.23. The van der Waals surface area contributed by atoms with Crippen molar-refractivity contribution in [3.63, 3.8) is 0 Å². The summed E-state index contributed by atoms with van der Waals surface area (Å²) in [5, 5.41) is 11.1. The van der Waals surface area contributed by atoms with Crippen molar-refractivity contribution in [1.29, 1.82) is 0 Å². The first-order chi connectivity index (χ1) is 26.5. The summed E-state index contributed by atoms with van der Waals surface area (Å²) in [6, 6.07) is 10.3. The Balaban J connectivity index is 1.97. The minimum atomic E-state index is -1.34. The number of carbonyl (C=O) groups excluding carboxylic acids is 5. The molecule has 4 atom stereocenters. The molecule has 3 aromatic rings. The fourth-order valence-corrected chi connectivity index (χ4v) is 6.06. The van der Waals surface area contributed by atoms with Crippen molar-refractivity contribution in [3.05, 3.63) is 83.0 Å². The van der Waals surface area contributed by atoms with Crippen LogP contribution in [0.1, 0.15) is 51.2 Å². The highest BCUT2D eigenvalue weighted by Gasteiger charge is 2.35. The molecule has 5 amide bonds. The van der Waals surface area contributed by atoms with E-state index in [1.807, 2.05) is 13.8 Å². The van der Waals surface area contributed by atoms with E-state index in [2.05, 4.69) is 25.9 Å². The molecule has 0 aliphatic carbocycles. The summed E-state index contributed by atoms with van der Waals surface area (Å²) >= 11 is 1.19. The SMILES string of the molecule is CC(=O)N(Oc1cccs1)[C@@H](Cc1ccc(F)cc1)C(=O)N[C@@H](Cc1ccc(N=C(N)N)cc1)C(=O)N[C@@H](CC(C)C)C(=O)N[C@@H](CCCN=C(N)N)C(N)=O. The van der Waals surface area contributed by atoms with Crippen LogP contribution in [-0.2, 0) is 36.8 Å². The van der Waals surface area contributed by atoms with Crippen molar-refractivity contribution in [2.75, 3.05) is 6.54 Å². The van der Waals surface area contributed by atoms with Crippen molar-refractivity contribution in [2.45, 2.75) is 77.0 Å². The molecular weight excluding hydrogens is 746 g/mol. The molecule has 1 aromatic heterocycles. The summed E-state index contributed by atoms with van der Waals surface area (Å²) in [5.74, 6) is -4.49. The number of aliphatic imine (C=N–C) groups is 2. The van der Waals surface area contributed by atoms with Gasteiger partial charge in [0, 0.05) is 26.3 Å². The fourth-order valence-electron chi connectivity index (χ4n) is 5.49. The van der Waals surface area contributed by atoms with E-state index in [9.17, 15) is 28.4 Å². The summed E-state index contributed by atoms with van der Waals surface area (Å²) in [5.41, 5.74) is 28.9. The monoisotopic (exact) mass is 795 g/mol. The van der Waals surface area contributed by atoms with Crippen molar-refractivity contribution < 1.29 is 33.2 Å². The highest BCUT2D eigenvalue weighted by atomic mass is 32.1. The number of guanidine groups is 2. The first kappa shape index (κ1) is 44.2. The van der Waals surface area contributed by atoms with Crippen LogP contribution in [-0.4, -0.2) is 77.2 Å². The third-order valence-corrected chi connectivity index (χ3v) is 8.87. The van der Waals surface area contributed by atoms with Crippen LogP contribution in [0.4, 0.5) is 10.1 Å². The molecule has 0 unspecified atom stereocenters. The van der Waals surface area contributed by atoms with Crippen molar-refractivity contribution in [1.82, 2.24) is 21.0 Å². The Hall–Kier alpha value is -6.24. The molecule has 13 N–H and O–H groups in total. The molecule has 19 heteroatoms. The topological polar surface area (TPSA) is 289 Å². The zero-order chi connectivity index (χ0) is 41.4. The van der Waals surface area contributed by atoms with E-state index in [0.29, 0.717) is 28.3 Å². The molecule has 302 valence electrons. The van der Waals surface area contributed by atoms with E-state index in [-0.39, 0.29) is 50.1 Å². The van der Waals surface area contributed by atoms with Crippen LogP contribution in [0, 0.1) is 11.7 Å². The number of benzene rings is 2. The lowest BCUT2D eigenvalue weighted by molar-refractivity contribution is -0.168. The maximum Gasteiger partial charge on any atom is 0.252 e. The summed E-state index contributed by atoms with van der Waals surface area (Å²) < 4.78 is 13.8. The molecule has 0 bridgehead atoms. The maximum atomic E-state index is 14.3. The van der Waals surface area contributed by atoms with E-state index < -0.39 is 59.5 Å². The number of hydrogen-bond donors (Lipinski definition) is 8. The van der Waals surface area contributed by atoms with Crippen LogP contribution in [0.5, 0.6) is 5.06 Å². The molecule has 3 rings (SSSR count). The maximum absolute atomic E-state index is 14.3. The average Bonchev–Trinajstić information content (AvgIpc) is 3.64. The Labute approximate surface area is 328 Å². The lowest BCUT2D eigenvalue weighted by Gasteiger charge is -2.31. The van der Waals surface area contributed by atoms with Gasteiger partial charge in [-0.15, -0.1) is 11.3 Å². The van der Waals surface area contributed by atoms with Crippen LogP contribution in [0.25, 0.3) is 0 Å². The standard InChI is InChI=1S/C37H50FN11O6S/c1-21(2)18-28(33(52)46-27(32(39)51)6-4-16-44-36(40)41)47-34(53)29(19-23-10-14-26(15-11-23)45-37(42)43)48-35(54)30(20-24-8-12-25(38)13-9-24)49(22(3)50)55-31-7-5-17-56-31/h5,7-15,17,21,27-30H,4,6,16,18-20H2,1-3H3,(H2,39,51)(H,46,52)(H,47,53)(H,48,54)(H4,40,41,44)(H4,42,43,45)/t27-,28-,29-,30-/m0/s1. The number of carbonyl (C=O) groups is 5. The van der Waals surface area contributed by atoms with Gasteiger partial charge in [0.1, 0.15) is 23.9 Å². The third-order valence-electron chi connectivity index (χ3n) is 8.13. The van der Waals surface area contributed by atoms with Crippen molar-refractivity contribution in [2.24, 2.45) is 44.6 Å². The molecule has 2 aromatic carbocycles. The Bertz CT molecular complexity index is 1830. The van der Waals surface area contributed by atoms with Crippen LogP contribution in [0.15, 0.2) is 76.0 Å². The number of halogens is 1. The number of nitrogens with one attached hydrogen (secondary N) is 3. The highest BCUT2D eigenvalue weighted by molar-refractivity contribution is 7.11. The van der Waals surface area contributed by atoms with Gasteiger partial charge in [-0.25, -0.2) is 9.38 Å². The number of primary amides is 1. The number of rotatable bonds is 21. The van der Waals surface area contributed by atoms with Crippen molar-refractivity contribution in [3.8, 4) is 5.06 Å². The fraction of sp³-hybridized carbons (Fsp3) is 0.378. The van der Waals surface area contributed by atoms with Gasteiger partial charge in [0.25, 0.3) is 5.91 Å². The van der Waals surface area contributed by atoms with E-state index in [1.54, 1.807) is 41.8 Å². The Morgan fingerprint density at radius 1 is 0.786 bits per heavy atom. The van der Waals surface area contributed by atoms with Gasteiger partial charge in [-0.05, 0) is 78.1 Å². The largest absolute Gasteiger partial charge is 0.370 e. The minimum Gasteiger partial charge on any atom is -0.370 e. The third kappa shape index (κ3) is 14.9. The number of nitrogens with two attached hydrogens (primary N) is 5. The Kier molecular flexibility index (Phi) is 17.0. The van der Waals surface area contributed by atoms with Crippen LogP contribution < -0.4 is 49.5 Å². The predicted molar refractivity (Wildman–Crippen MR) is 211 cm³/mol. The minimum absolute atomic E-state index is 0.0838. The van der Waals surface area contributed by atoms with E-state index in [4.69, 9.17) is 33.5 Å². The van der Waals surface area contributed by atoms with E-state index in [0.717, 1.165) is 5.06 Å². The van der Waals surface area contributed by atoms with Gasteiger partial charge in [-0.1, -0.05) is 38.1 Å². The first-order valence-electron chi connectivity index (χ1n) is 17.7. The number of hydroxylamine groups is 2. The molecule has 56 heavy (non-hydrogen) atoms. The van der Waals surface area contributed by atoms with Gasteiger partial charge in [-0.2, -0.15) is 5.06 Å². The second-order valence-electron chi connectivity index (χ2n) is 13.3. The number of nitrogens with zero attached hydrogens (tertiary/aromatic N) is 3. The molecule has 0 fully saturated rings. The molecular formula is C37H50FN11O6S. The normalized spacial score (nSPS) is 12.9. The molecule has 0 radical (unpaired) electrons. The van der Waals surface area contributed by atoms with Gasteiger partial charge in [0.05, 0.1) is 5.69 Å². The summed E-state index contributed by atoms with van der Waals surface area (Å²) in [6.45, 7) is 5.10. The zero-order valence-corrected chi connectivity index (χ0v) is 32.3. The summed E-state index contributed by atoms with van der Waals surface area (Å²) in [4.78, 5) is 81.2. The van der Waals surface area contributed by atoms with Crippen LogP contribution >= 0.6 is 11.3 Å². The summed E-state index contributed by atoms with van der Waals surface area (Å²) in [6.07, 6.45) is 0.416. The molecule has 0 saturated heterocycles. The van der Waals surface area contributed by atoms with Gasteiger partial charge >= 0.3 is 0 Å². The number of thiophene rings is 1. The molecule has 0 aliphatic rings. The molecule has 0 saturated carbocycles. The Morgan fingerprint density at radius 2 is 1.38 bits per heavy atom. The van der Waals surface area contributed by atoms with Crippen LogP contribution in [0.3, 0.4) is 0 Å². The quantitative estimate of drug-likeness (QED) is 0.0325. The van der Waals surface area contributed by atoms with Crippen LogP contribution in [0.2, 0.25) is 0 Å². The zero-order valence-electron chi connectivity index (χ0n) is 31.4. The van der Waals surface area contributed by atoms with Crippen molar-refractivity contribution >= 4 is 58.5 Å². The second-order valence-corrected chi connectivity index (χ2v) is 14.2. The number of amides is 5. The number of hydrogen-bond acceptors (Lipinski definition) is 9. The van der Waals surface area contributed by atoms with E-state index >= 15 is 0 Å². The predicted octanol–water partition coefficient (Wildman–Crippen LogP) is 0.828. The average molecular weight is 796 g/mol. The molecule has 0 aliphatic heterocycles. The Morgan fingerprint density at radius 3 is 1.93 bits per heavy atom. The lowest BCUT2D eigenvalue weighted by atomic mass is 9.99. The second kappa shape index (κ2) is 21.6. The van der Waals surface area contributed by atoms with Gasteiger partial charge < -0.3 is 49.5 Å². The lowest BCUT2D eigenvalue weighted by Crippen LogP contribution is -2.59. The smallest absolute Gasteiger partial charge is 0.252 e. The van der Waals surface area contributed by atoms with Gasteiger partial charge in [0.15, 0.2) is 18.0 Å². The van der Waals surface area contributed by atoms with Gasteiger partial charge in [0.2, 0.25) is 28.7 Å².